The molecule has 6 nitrogen and oxygen atoms in total. The third-order valence-corrected chi connectivity index (χ3v) is 5.59. The van der Waals surface area contributed by atoms with Crippen molar-refractivity contribution in [1.82, 2.24) is 15.5 Å². The second-order valence-electron chi connectivity index (χ2n) is 7.19. The van der Waals surface area contributed by atoms with E-state index in [0.717, 1.165) is 37.9 Å². The van der Waals surface area contributed by atoms with Crippen LogP contribution in [0.5, 0.6) is 0 Å². The van der Waals surface area contributed by atoms with Crippen molar-refractivity contribution in [2.75, 3.05) is 19.6 Å². The van der Waals surface area contributed by atoms with E-state index in [0.29, 0.717) is 24.9 Å². The fraction of sp³-hybridized carbons (Fsp3) is 0.550. The number of hydrogen-bond donors (Lipinski definition) is 2. The van der Waals surface area contributed by atoms with E-state index in [1.807, 2.05) is 12.1 Å². The van der Waals surface area contributed by atoms with E-state index in [9.17, 15) is 9.59 Å². The van der Waals surface area contributed by atoms with E-state index in [1.54, 1.807) is 12.1 Å². The van der Waals surface area contributed by atoms with Gasteiger partial charge in [-0.25, -0.2) is 4.79 Å². The Kier molecular flexibility index (Phi) is 5.58. The Hall–Kier alpha value is -2.39. The SMILES string of the molecule is CCC[C@]1(C2CCNCC2)NC(=O)N(CCc2ccc(C#N)cc2)C1=O. The molecule has 2 N–H and O–H groups in total. The highest BCUT2D eigenvalue weighted by molar-refractivity contribution is 6.07. The van der Waals surface area contributed by atoms with Crippen LogP contribution >= 0.6 is 0 Å². The fourth-order valence-electron chi connectivity index (χ4n) is 4.19. The molecule has 1 atom stereocenters. The van der Waals surface area contributed by atoms with Gasteiger partial charge in [0.05, 0.1) is 11.6 Å². The molecule has 0 radical (unpaired) electrons. The van der Waals surface area contributed by atoms with Crippen LogP contribution < -0.4 is 10.6 Å². The third kappa shape index (κ3) is 3.45. The van der Waals surface area contributed by atoms with Crippen molar-refractivity contribution in [3.8, 4) is 6.07 Å². The van der Waals surface area contributed by atoms with Gasteiger partial charge in [0.2, 0.25) is 0 Å². The van der Waals surface area contributed by atoms with E-state index in [2.05, 4.69) is 23.6 Å². The number of benzene rings is 1. The molecular formula is C20H26N4O2. The van der Waals surface area contributed by atoms with Gasteiger partial charge in [-0.15, -0.1) is 0 Å². The maximum absolute atomic E-state index is 13.2. The summed E-state index contributed by atoms with van der Waals surface area (Å²) >= 11 is 0. The monoisotopic (exact) mass is 354 g/mol. The van der Waals surface area contributed by atoms with Crippen molar-refractivity contribution in [1.29, 1.82) is 5.26 Å². The van der Waals surface area contributed by atoms with Gasteiger partial charge in [0, 0.05) is 6.54 Å². The van der Waals surface area contributed by atoms with Gasteiger partial charge in [-0.05, 0) is 62.4 Å². The first-order chi connectivity index (χ1) is 12.6. The summed E-state index contributed by atoms with van der Waals surface area (Å²) < 4.78 is 0. The molecule has 1 aromatic carbocycles. The molecule has 0 aliphatic carbocycles. The van der Waals surface area contributed by atoms with Gasteiger partial charge in [0.25, 0.3) is 5.91 Å². The molecule has 0 saturated carbocycles. The zero-order valence-corrected chi connectivity index (χ0v) is 15.3. The first kappa shape index (κ1) is 18.4. The Balaban J connectivity index is 1.72. The van der Waals surface area contributed by atoms with Gasteiger partial charge >= 0.3 is 6.03 Å². The van der Waals surface area contributed by atoms with Crippen molar-refractivity contribution in [3.63, 3.8) is 0 Å². The molecule has 2 aliphatic rings. The summed E-state index contributed by atoms with van der Waals surface area (Å²) in [5.74, 6) is 0.130. The molecule has 3 rings (SSSR count). The van der Waals surface area contributed by atoms with Crippen molar-refractivity contribution in [2.45, 2.75) is 44.6 Å². The Morgan fingerprint density at radius 2 is 1.92 bits per heavy atom. The smallest absolute Gasteiger partial charge is 0.323 e. The van der Waals surface area contributed by atoms with Gasteiger partial charge in [-0.1, -0.05) is 25.5 Å². The minimum absolute atomic E-state index is 0.0649. The highest BCUT2D eigenvalue weighted by atomic mass is 16.2. The number of rotatable bonds is 6. The molecule has 26 heavy (non-hydrogen) atoms. The largest absolute Gasteiger partial charge is 0.325 e. The van der Waals surface area contributed by atoms with Gasteiger partial charge in [0.15, 0.2) is 0 Å². The minimum Gasteiger partial charge on any atom is -0.323 e. The summed E-state index contributed by atoms with van der Waals surface area (Å²) in [6, 6.07) is 9.10. The fourth-order valence-corrected chi connectivity index (χ4v) is 4.19. The van der Waals surface area contributed by atoms with Crippen LogP contribution in [0.1, 0.15) is 43.7 Å². The Morgan fingerprint density at radius 3 is 2.54 bits per heavy atom. The first-order valence-electron chi connectivity index (χ1n) is 9.44. The number of carbonyl (C=O) groups excluding carboxylic acids is 2. The Labute approximate surface area is 154 Å². The van der Waals surface area contributed by atoms with E-state index in [-0.39, 0.29) is 17.9 Å². The predicted molar refractivity (Wildman–Crippen MR) is 98.3 cm³/mol. The lowest BCUT2D eigenvalue weighted by Crippen LogP contribution is -2.55. The Morgan fingerprint density at radius 1 is 1.23 bits per heavy atom. The Bertz CT molecular complexity index is 704. The normalized spacial score (nSPS) is 23.8. The zero-order valence-electron chi connectivity index (χ0n) is 15.3. The molecule has 0 bridgehead atoms. The van der Waals surface area contributed by atoms with Gasteiger partial charge in [0.1, 0.15) is 5.54 Å². The van der Waals surface area contributed by atoms with E-state index < -0.39 is 5.54 Å². The number of carbonyl (C=O) groups is 2. The predicted octanol–water partition coefficient (Wildman–Crippen LogP) is 2.19. The molecule has 2 aliphatic heterocycles. The molecular weight excluding hydrogens is 328 g/mol. The molecule has 3 amide bonds. The van der Waals surface area contributed by atoms with Crippen LogP contribution in [-0.2, 0) is 11.2 Å². The van der Waals surface area contributed by atoms with Crippen LogP contribution in [0.4, 0.5) is 4.79 Å². The highest BCUT2D eigenvalue weighted by Crippen LogP contribution is 2.35. The summed E-state index contributed by atoms with van der Waals surface area (Å²) in [5, 5.41) is 15.3. The number of urea groups is 1. The second-order valence-corrected chi connectivity index (χ2v) is 7.19. The molecule has 0 unspecified atom stereocenters. The highest BCUT2D eigenvalue weighted by Gasteiger charge is 2.54. The number of nitrogens with zero attached hydrogens (tertiary/aromatic N) is 2. The van der Waals surface area contributed by atoms with Crippen LogP contribution in [0.25, 0.3) is 0 Å². The van der Waals surface area contributed by atoms with Gasteiger partial charge < -0.3 is 10.6 Å². The summed E-state index contributed by atoms with van der Waals surface area (Å²) in [6.07, 6.45) is 3.97. The molecule has 2 fully saturated rings. The molecule has 2 heterocycles. The molecule has 1 aromatic rings. The maximum Gasteiger partial charge on any atom is 0.325 e. The van der Waals surface area contributed by atoms with Crippen molar-refractivity contribution in [3.05, 3.63) is 35.4 Å². The van der Waals surface area contributed by atoms with Crippen LogP contribution in [0, 0.1) is 17.2 Å². The van der Waals surface area contributed by atoms with Crippen LogP contribution in [0.15, 0.2) is 24.3 Å². The zero-order chi connectivity index (χ0) is 18.6. The lowest BCUT2D eigenvalue weighted by atomic mass is 9.75. The van der Waals surface area contributed by atoms with Crippen LogP contribution in [0.2, 0.25) is 0 Å². The lowest BCUT2D eigenvalue weighted by Gasteiger charge is -2.37. The van der Waals surface area contributed by atoms with Crippen molar-refractivity contribution < 1.29 is 9.59 Å². The van der Waals surface area contributed by atoms with Gasteiger partial charge in [-0.2, -0.15) is 5.26 Å². The minimum atomic E-state index is -0.738. The van der Waals surface area contributed by atoms with E-state index in [1.165, 1.54) is 4.90 Å². The quantitative estimate of drug-likeness (QED) is 0.767. The van der Waals surface area contributed by atoms with E-state index in [4.69, 9.17) is 5.26 Å². The summed E-state index contributed by atoms with van der Waals surface area (Å²) in [5.41, 5.74) is 0.884. The standard InChI is InChI=1S/C20H26N4O2/c1-2-10-20(17-7-11-22-12-8-17)18(25)24(19(26)23-20)13-9-15-3-5-16(14-21)6-4-15/h3-6,17,22H,2,7-13H2,1H3,(H,23,26)/t20-/m1/s1. The van der Waals surface area contributed by atoms with Crippen LogP contribution in [0.3, 0.4) is 0 Å². The molecule has 138 valence electrons. The van der Waals surface area contributed by atoms with Crippen molar-refractivity contribution in [2.24, 2.45) is 5.92 Å². The van der Waals surface area contributed by atoms with Gasteiger partial charge in [-0.3, -0.25) is 9.69 Å². The lowest BCUT2D eigenvalue weighted by molar-refractivity contribution is -0.134. The third-order valence-electron chi connectivity index (χ3n) is 5.59. The number of hydrogen-bond acceptors (Lipinski definition) is 4. The molecule has 6 heteroatoms. The average Bonchev–Trinajstić information content (AvgIpc) is 2.92. The second kappa shape index (κ2) is 7.88. The van der Waals surface area contributed by atoms with E-state index >= 15 is 0 Å². The number of amides is 3. The number of nitriles is 1. The topological polar surface area (TPSA) is 85.2 Å². The summed E-state index contributed by atoms with van der Waals surface area (Å²) in [4.78, 5) is 27.2. The molecule has 0 aromatic heterocycles. The number of nitrogens with one attached hydrogen (secondary N) is 2. The summed E-state index contributed by atoms with van der Waals surface area (Å²) in [7, 11) is 0. The molecule has 0 spiro atoms. The van der Waals surface area contributed by atoms with Crippen molar-refractivity contribution >= 4 is 11.9 Å². The summed E-state index contributed by atoms with van der Waals surface area (Å²) in [6.45, 7) is 4.21. The maximum atomic E-state index is 13.2. The average molecular weight is 354 g/mol. The first-order valence-corrected chi connectivity index (χ1v) is 9.44. The number of imide groups is 1. The van der Waals surface area contributed by atoms with Crippen LogP contribution in [-0.4, -0.2) is 42.0 Å². The number of piperidine rings is 1. The molecule has 2 saturated heterocycles.